The summed E-state index contributed by atoms with van der Waals surface area (Å²) in [6, 6.07) is 16.0. The van der Waals surface area contributed by atoms with Gasteiger partial charge in [-0.3, -0.25) is 9.59 Å². The highest BCUT2D eigenvalue weighted by Crippen LogP contribution is 2.48. The van der Waals surface area contributed by atoms with Crippen LogP contribution in [0.3, 0.4) is 0 Å². The Hall–Kier alpha value is -5.39. The molecule has 0 bridgehead atoms. The maximum Gasteiger partial charge on any atom is 0.248 e. The summed E-state index contributed by atoms with van der Waals surface area (Å²) in [5.41, 5.74) is 2.25. The monoisotopic (exact) mass is 584 g/mol. The van der Waals surface area contributed by atoms with Crippen molar-refractivity contribution in [3.63, 3.8) is 0 Å². The fraction of sp³-hybridized carbons (Fsp3) is 0.226. The molecule has 2 amide bonds. The van der Waals surface area contributed by atoms with Crippen LogP contribution in [0.25, 0.3) is 0 Å². The van der Waals surface area contributed by atoms with E-state index in [1.54, 1.807) is 38.5 Å². The average Bonchev–Trinajstić information content (AvgIpc) is 3.83. The lowest BCUT2D eigenvalue weighted by molar-refractivity contribution is -0.131. The minimum Gasteiger partial charge on any atom is -0.493 e. The molecule has 0 radical (unpaired) electrons. The maximum absolute atomic E-state index is 13.2. The van der Waals surface area contributed by atoms with Crippen molar-refractivity contribution < 1.29 is 28.2 Å². The molecule has 1 saturated carbocycles. The number of nitrogens with one attached hydrogen (secondary N) is 3. The first-order valence-corrected chi connectivity index (χ1v) is 13.5. The van der Waals surface area contributed by atoms with Crippen molar-refractivity contribution in [1.82, 2.24) is 9.97 Å². The Morgan fingerprint density at radius 1 is 0.907 bits per heavy atom. The lowest BCUT2D eigenvalue weighted by Crippen LogP contribution is -2.35. The van der Waals surface area contributed by atoms with E-state index in [-0.39, 0.29) is 0 Å². The molecule has 6 rings (SSSR count). The van der Waals surface area contributed by atoms with Crippen molar-refractivity contribution in [2.75, 3.05) is 42.1 Å². The lowest BCUT2D eigenvalue weighted by Gasteiger charge is -2.21. The molecule has 1 aliphatic heterocycles. The Bertz CT molecular complexity index is 1690. The molecule has 1 fully saturated rings. The zero-order valence-electron chi connectivity index (χ0n) is 23.7. The van der Waals surface area contributed by atoms with E-state index in [4.69, 9.17) is 14.2 Å². The summed E-state index contributed by atoms with van der Waals surface area (Å²) < 4.78 is 30.3. The number of rotatable bonds is 8. The molecule has 0 saturated heterocycles. The second-order valence-electron chi connectivity index (χ2n) is 10.3. The first-order valence-electron chi connectivity index (χ1n) is 13.5. The van der Waals surface area contributed by atoms with E-state index in [2.05, 4.69) is 25.9 Å². The number of anilines is 5. The summed E-state index contributed by atoms with van der Waals surface area (Å²) in [7, 11) is 5.10. The molecule has 3 N–H and O–H groups in total. The van der Waals surface area contributed by atoms with Crippen LogP contribution in [0.4, 0.5) is 33.0 Å². The zero-order valence-corrected chi connectivity index (χ0v) is 23.7. The number of benzene rings is 3. The number of hydrogen-bond acceptors (Lipinski definition) is 9. The van der Waals surface area contributed by atoms with Gasteiger partial charge in [-0.25, -0.2) is 9.37 Å². The van der Waals surface area contributed by atoms with E-state index >= 15 is 0 Å². The van der Waals surface area contributed by atoms with Gasteiger partial charge >= 0.3 is 0 Å². The summed E-state index contributed by atoms with van der Waals surface area (Å²) in [6.45, 7) is 0.529. The molecule has 1 aliphatic carbocycles. The number of amides is 2. The Kier molecular flexibility index (Phi) is 7.18. The van der Waals surface area contributed by atoms with Gasteiger partial charge in [0, 0.05) is 36.7 Å². The highest BCUT2D eigenvalue weighted by Gasteiger charge is 2.56. The minimum atomic E-state index is -1.16. The number of carbonyl (C=O) groups is 2. The van der Waals surface area contributed by atoms with Crippen molar-refractivity contribution in [3.8, 4) is 23.1 Å². The van der Waals surface area contributed by atoms with E-state index < -0.39 is 23.0 Å². The van der Waals surface area contributed by atoms with Gasteiger partial charge in [-0.05, 0) is 73.0 Å². The van der Waals surface area contributed by atoms with Gasteiger partial charge in [-0.15, -0.1) is 0 Å². The second kappa shape index (κ2) is 11.1. The average molecular weight is 585 g/mol. The molecule has 2 aliphatic rings. The zero-order chi connectivity index (χ0) is 30.1. The third-order valence-corrected chi connectivity index (χ3v) is 7.49. The Balaban J connectivity index is 1.15. The largest absolute Gasteiger partial charge is 0.493 e. The number of carbonyl (C=O) groups excluding carboxylic acids is 2. The summed E-state index contributed by atoms with van der Waals surface area (Å²) in [5, 5.41) is 8.89. The van der Waals surface area contributed by atoms with E-state index in [9.17, 15) is 14.0 Å². The number of methoxy groups -OCH3 is 2. The molecule has 1 aromatic heterocycles. The van der Waals surface area contributed by atoms with Crippen molar-refractivity contribution in [2.24, 2.45) is 5.41 Å². The predicted octanol–water partition coefficient (Wildman–Crippen LogP) is 5.48. The summed E-state index contributed by atoms with van der Waals surface area (Å²) >= 11 is 0. The van der Waals surface area contributed by atoms with Gasteiger partial charge in [0.1, 0.15) is 29.0 Å². The molecular formula is C31H29FN6O5. The topological polar surface area (TPSA) is 127 Å². The van der Waals surface area contributed by atoms with E-state index in [1.807, 2.05) is 24.1 Å². The fourth-order valence-corrected chi connectivity index (χ4v) is 4.94. The number of fused-ring (bicyclic) bond motifs is 2. The third kappa shape index (κ3) is 5.46. The van der Waals surface area contributed by atoms with Crippen molar-refractivity contribution in [1.29, 1.82) is 0 Å². The van der Waals surface area contributed by atoms with E-state index in [1.165, 1.54) is 30.6 Å². The van der Waals surface area contributed by atoms with Crippen molar-refractivity contribution in [2.45, 2.75) is 19.4 Å². The number of aromatic nitrogens is 2. The van der Waals surface area contributed by atoms with E-state index in [0.717, 1.165) is 11.3 Å². The molecular weight excluding hydrogens is 555 g/mol. The summed E-state index contributed by atoms with van der Waals surface area (Å²) in [5.74, 6) is 1.40. The van der Waals surface area contributed by atoms with Crippen LogP contribution in [-0.4, -0.2) is 43.0 Å². The van der Waals surface area contributed by atoms with Crippen molar-refractivity contribution in [3.05, 3.63) is 78.4 Å². The first kappa shape index (κ1) is 27.8. The van der Waals surface area contributed by atoms with Gasteiger partial charge in [0.2, 0.25) is 17.7 Å². The SMILES string of the molecule is COc1cc2c(cc1OC)Nc1ncnc(Oc3ccc(NC(=O)C4(C(=O)Nc5ccc(F)cc5)CC4)cc3)c1N(C)C2. The second-order valence-corrected chi connectivity index (χ2v) is 10.3. The number of ether oxygens (including phenoxy) is 3. The molecule has 0 atom stereocenters. The van der Waals surface area contributed by atoms with Crippen LogP contribution in [0.5, 0.6) is 23.1 Å². The molecule has 4 aromatic rings. The molecule has 220 valence electrons. The number of halogens is 1. The van der Waals surface area contributed by atoms with Gasteiger partial charge in [0.15, 0.2) is 17.3 Å². The molecule has 2 heterocycles. The smallest absolute Gasteiger partial charge is 0.248 e. The summed E-state index contributed by atoms with van der Waals surface area (Å²) in [6.07, 6.45) is 2.27. The van der Waals surface area contributed by atoms with Crippen LogP contribution in [0.2, 0.25) is 0 Å². The van der Waals surface area contributed by atoms with Crippen LogP contribution in [0.1, 0.15) is 18.4 Å². The number of hydrogen-bond donors (Lipinski definition) is 3. The summed E-state index contributed by atoms with van der Waals surface area (Å²) in [4.78, 5) is 36.7. The van der Waals surface area contributed by atoms with Crippen molar-refractivity contribution >= 4 is 40.4 Å². The first-order chi connectivity index (χ1) is 20.8. The van der Waals surface area contributed by atoms with Gasteiger partial charge in [-0.2, -0.15) is 4.98 Å². The molecule has 3 aromatic carbocycles. The van der Waals surface area contributed by atoms with Crippen LogP contribution in [0.15, 0.2) is 67.0 Å². The fourth-order valence-electron chi connectivity index (χ4n) is 4.94. The predicted molar refractivity (Wildman–Crippen MR) is 159 cm³/mol. The van der Waals surface area contributed by atoms with Gasteiger partial charge in [-0.1, -0.05) is 0 Å². The number of nitrogens with zero attached hydrogens (tertiary/aromatic N) is 3. The van der Waals surface area contributed by atoms with Gasteiger partial charge < -0.3 is 35.1 Å². The highest BCUT2D eigenvalue weighted by molar-refractivity contribution is 6.16. The molecule has 43 heavy (non-hydrogen) atoms. The molecule has 0 spiro atoms. The van der Waals surface area contributed by atoms with E-state index in [0.29, 0.717) is 65.4 Å². The van der Waals surface area contributed by atoms with Crippen LogP contribution >= 0.6 is 0 Å². The van der Waals surface area contributed by atoms with Gasteiger partial charge in [0.25, 0.3) is 0 Å². The van der Waals surface area contributed by atoms with Gasteiger partial charge in [0.05, 0.1) is 14.2 Å². The minimum absolute atomic E-state index is 0.345. The van der Waals surface area contributed by atoms with Crippen LogP contribution in [0, 0.1) is 11.2 Å². The highest BCUT2D eigenvalue weighted by atomic mass is 19.1. The molecule has 11 nitrogen and oxygen atoms in total. The molecule has 0 unspecified atom stereocenters. The van der Waals surface area contributed by atoms with Crippen LogP contribution in [-0.2, 0) is 16.1 Å². The lowest BCUT2D eigenvalue weighted by atomic mass is 10.0. The standard InChI is InChI=1S/C31H29FN6O5/c1-38-16-18-14-24(41-2)25(42-3)15-23(18)37-27-26(38)28(34-17-33-27)43-22-10-8-21(9-11-22)36-30(40)31(12-13-31)29(39)35-20-6-4-19(32)5-7-20/h4-11,14-15,17H,12-13,16H2,1-3H3,(H,35,39)(H,36,40)(H,33,34,37). The Morgan fingerprint density at radius 3 is 2.12 bits per heavy atom. The molecule has 12 heteroatoms. The third-order valence-electron chi connectivity index (χ3n) is 7.49. The maximum atomic E-state index is 13.2. The Morgan fingerprint density at radius 2 is 1.51 bits per heavy atom. The van der Waals surface area contributed by atoms with Crippen LogP contribution < -0.4 is 35.1 Å². The Labute approximate surface area is 247 Å². The normalized spacial score (nSPS) is 14.3. The quantitative estimate of drug-likeness (QED) is 0.231.